The van der Waals surface area contributed by atoms with Crippen LogP contribution in [0.3, 0.4) is 0 Å². The van der Waals surface area contributed by atoms with E-state index in [1.807, 2.05) is 12.1 Å². The second kappa shape index (κ2) is 11.7. The van der Waals surface area contributed by atoms with Crippen LogP contribution >= 0.6 is 0 Å². The molecular formula is C53H39NO. The van der Waals surface area contributed by atoms with Crippen LogP contribution in [0.15, 0.2) is 186 Å². The fourth-order valence-corrected chi connectivity index (χ4v) is 9.69. The minimum atomic E-state index is -0.295. The summed E-state index contributed by atoms with van der Waals surface area (Å²) in [6.07, 6.45) is 0. The van der Waals surface area contributed by atoms with Gasteiger partial charge in [-0.15, -0.1) is 0 Å². The molecule has 9 aromatic rings. The van der Waals surface area contributed by atoms with Gasteiger partial charge in [0.15, 0.2) is 0 Å². The number of para-hydroxylation sites is 1. The Bertz CT molecular complexity index is 2970. The molecule has 1 unspecified atom stereocenters. The normalized spacial score (nSPS) is 16.1. The van der Waals surface area contributed by atoms with Gasteiger partial charge in [-0.25, -0.2) is 0 Å². The summed E-state index contributed by atoms with van der Waals surface area (Å²) in [4.78, 5) is 2.45. The van der Waals surface area contributed by atoms with Gasteiger partial charge in [0, 0.05) is 38.7 Å². The summed E-state index contributed by atoms with van der Waals surface area (Å²) in [7, 11) is 0. The van der Waals surface area contributed by atoms with Gasteiger partial charge >= 0.3 is 0 Å². The quantitative estimate of drug-likeness (QED) is 0.177. The van der Waals surface area contributed by atoms with E-state index in [1.165, 1.54) is 61.2 Å². The Morgan fingerprint density at radius 3 is 1.69 bits per heavy atom. The van der Waals surface area contributed by atoms with E-state index in [9.17, 15) is 0 Å². The molecule has 2 nitrogen and oxygen atoms in total. The number of benzene rings is 8. The van der Waals surface area contributed by atoms with Gasteiger partial charge in [-0.2, -0.15) is 0 Å². The smallest absolute Gasteiger partial charge is 0.135 e. The van der Waals surface area contributed by atoms with Gasteiger partial charge in [-0.1, -0.05) is 141 Å². The van der Waals surface area contributed by atoms with Crippen LogP contribution in [-0.2, 0) is 10.8 Å². The highest BCUT2D eigenvalue weighted by Crippen LogP contribution is 2.55. The average molecular weight is 706 g/mol. The molecule has 55 heavy (non-hydrogen) atoms. The van der Waals surface area contributed by atoms with Gasteiger partial charge in [0.1, 0.15) is 11.2 Å². The summed E-state index contributed by atoms with van der Waals surface area (Å²) in [5, 5.41) is 2.28. The maximum absolute atomic E-state index is 6.15. The van der Waals surface area contributed by atoms with E-state index in [0.29, 0.717) is 0 Å². The first-order valence-corrected chi connectivity index (χ1v) is 19.3. The highest BCUT2D eigenvalue weighted by molar-refractivity contribution is 6.06. The fourth-order valence-electron chi connectivity index (χ4n) is 9.69. The third kappa shape index (κ3) is 4.61. The van der Waals surface area contributed by atoms with Crippen LogP contribution < -0.4 is 4.90 Å². The highest BCUT2D eigenvalue weighted by Gasteiger charge is 2.41. The first-order chi connectivity index (χ1) is 26.9. The zero-order valence-electron chi connectivity index (χ0n) is 31.2. The van der Waals surface area contributed by atoms with Gasteiger partial charge in [0.05, 0.1) is 0 Å². The van der Waals surface area contributed by atoms with Crippen molar-refractivity contribution in [3.63, 3.8) is 0 Å². The minimum absolute atomic E-state index is 0.112. The van der Waals surface area contributed by atoms with Gasteiger partial charge in [0.2, 0.25) is 0 Å². The molecular weight excluding hydrogens is 667 g/mol. The third-order valence-corrected chi connectivity index (χ3v) is 12.6. The molecule has 0 spiro atoms. The zero-order valence-corrected chi connectivity index (χ0v) is 31.2. The average Bonchev–Trinajstić information content (AvgIpc) is 3.82. The fraction of sp³-hybridized carbons (Fsp3) is 0.0943. The molecule has 2 aliphatic rings. The maximum atomic E-state index is 6.15. The van der Waals surface area contributed by atoms with E-state index in [2.05, 4.69) is 196 Å². The summed E-state index contributed by atoms with van der Waals surface area (Å²) in [5.41, 5.74) is 19.2. The Labute approximate surface area is 322 Å². The summed E-state index contributed by atoms with van der Waals surface area (Å²) >= 11 is 0. The Balaban J connectivity index is 1.08. The lowest BCUT2D eigenvalue weighted by molar-refractivity contribution is 0.660. The predicted molar refractivity (Wildman–Crippen MR) is 229 cm³/mol. The number of rotatable bonds is 5. The Kier molecular flexibility index (Phi) is 6.76. The summed E-state index contributed by atoms with van der Waals surface area (Å²) < 4.78 is 6.15. The number of nitrogens with zero attached hydrogens (tertiary/aromatic N) is 1. The van der Waals surface area contributed by atoms with Crippen molar-refractivity contribution >= 4 is 39.0 Å². The molecule has 1 heterocycles. The van der Waals surface area contributed by atoms with Crippen molar-refractivity contribution in [3.8, 4) is 33.4 Å². The van der Waals surface area contributed by atoms with Crippen molar-refractivity contribution in [2.45, 2.75) is 31.6 Å². The molecule has 1 atom stereocenters. The lowest BCUT2D eigenvalue weighted by Crippen LogP contribution is -2.23. The van der Waals surface area contributed by atoms with E-state index in [4.69, 9.17) is 4.42 Å². The van der Waals surface area contributed by atoms with Crippen LogP contribution in [0.4, 0.5) is 17.1 Å². The molecule has 262 valence electrons. The molecule has 2 heteroatoms. The van der Waals surface area contributed by atoms with Gasteiger partial charge in [-0.3, -0.25) is 0 Å². The van der Waals surface area contributed by atoms with Crippen LogP contribution in [0, 0.1) is 0 Å². The molecule has 0 bridgehead atoms. The van der Waals surface area contributed by atoms with E-state index in [0.717, 1.165) is 39.0 Å². The summed E-state index contributed by atoms with van der Waals surface area (Å²) in [6.45, 7) is 7.11. The molecule has 1 aromatic heterocycles. The number of furan rings is 1. The lowest BCUT2D eigenvalue weighted by Gasteiger charge is -2.31. The number of hydrogen-bond donors (Lipinski definition) is 0. The van der Waals surface area contributed by atoms with Crippen molar-refractivity contribution in [2.75, 3.05) is 4.90 Å². The molecule has 0 aliphatic heterocycles. The molecule has 0 fully saturated rings. The second-order valence-corrected chi connectivity index (χ2v) is 15.9. The van der Waals surface area contributed by atoms with Crippen molar-refractivity contribution in [3.05, 3.63) is 210 Å². The molecule has 8 aromatic carbocycles. The number of hydrogen-bond acceptors (Lipinski definition) is 2. The van der Waals surface area contributed by atoms with Crippen LogP contribution in [0.5, 0.6) is 0 Å². The summed E-state index contributed by atoms with van der Waals surface area (Å²) in [5.74, 6) is 0. The monoisotopic (exact) mass is 705 g/mol. The van der Waals surface area contributed by atoms with Crippen LogP contribution in [-0.4, -0.2) is 0 Å². The van der Waals surface area contributed by atoms with Crippen molar-refractivity contribution in [1.82, 2.24) is 0 Å². The largest absolute Gasteiger partial charge is 0.456 e. The van der Waals surface area contributed by atoms with Crippen LogP contribution in [0.2, 0.25) is 0 Å². The highest BCUT2D eigenvalue weighted by atomic mass is 16.3. The van der Waals surface area contributed by atoms with E-state index in [1.54, 1.807) is 0 Å². The van der Waals surface area contributed by atoms with E-state index in [-0.39, 0.29) is 10.8 Å². The van der Waals surface area contributed by atoms with Crippen LogP contribution in [0.25, 0.3) is 55.3 Å². The lowest BCUT2D eigenvalue weighted by atomic mass is 9.74. The second-order valence-electron chi connectivity index (χ2n) is 15.9. The number of anilines is 3. The standard InChI is InChI=1S/C53H39NO/c1-52(2)46-18-10-7-15-40(46)42-28-26-38(32-48(42)52)54(37-24-21-34(22-25-37)35-23-30-51-45(31-35)44-17-9-12-20-50(44)55-51)39-27-29-43-41-16-8-11-19-47(41)53(3,49(43)33-39)36-13-5-4-6-14-36/h4-33H,1-3H3. The van der Waals surface area contributed by atoms with Gasteiger partial charge in [0.25, 0.3) is 0 Å². The Hall–Kier alpha value is -6.64. The number of fused-ring (bicyclic) bond motifs is 9. The molecule has 2 aliphatic carbocycles. The minimum Gasteiger partial charge on any atom is -0.456 e. The Morgan fingerprint density at radius 1 is 0.382 bits per heavy atom. The third-order valence-electron chi connectivity index (χ3n) is 12.6. The van der Waals surface area contributed by atoms with Crippen LogP contribution in [0.1, 0.15) is 48.6 Å². The van der Waals surface area contributed by atoms with Crippen molar-refractivity contribution in [2.24, 2.45) is 0 Å². The zero-order chi connectivity index (χ0) is 36.9. The molecule has 0 amide bonds. The SMILES string of the molecule is CC1(C)c2ccccc2-c2ccc(N(c3ccc(-c4ccc5oc6ccccc6c5c4)cc3)c3ccc4c(c3)C(C)(c3ccccc3)c3ccccc3-4)cc21. The molecule has 0 N–H and O–H groups in total. The molecule has 11 rings (SSSR count). The summed E-state index contributed by atoms with van der Waals surface area (Å²) in [6, 6.07) is 66.9. The van der Waals surface area contributed by atoms with E-state index >= 15 is 0 Å². The first-order valence-electron chi connectivity index (χ1n) is 19.3. The molecule has 0 radical (unpaired) electrons. The predicted octanol–water partition coefficient (Wildman–Crippen LogP) is 14.4. The maximum Gasteiger partial charge on any atom is 0.135 e. The topological polar surface area (TPSA) is 16.4 Å². The van der Waals surface area contributed by atoms with E-state index < -0.39 is 0 Å². The first kappa shape index (κ1) is 31.8. The van der Waals surface area contributed by atoms with Gasteiger partial charge in [-0.05, 0) is 123 Å². The van der Waals surface area contributed by atoms with Crippen molar-refractivity contribution < 1.29 is 4.42 Å². The molecule has 0 saturated carbocycles. The molecule has 0 saturated heterocycles. The van der Waals surface area contributed by atoms with Gasteiger partial charge < -0.3 is 9.32 Å². The van der Waals surface area contributed by atoms with Crippen molar-refractivity contribution in [1.29, 1.82) is 0 Å². The Morgan fingerprint density at radius 2 is 0.927 bits per heavy atom.